The summed E-state index contributed by atoms with van der Waals surface area (Å²) in [6.45, 7) is 5.16. The molecule has 1 fully saturated rings. The van der Waals surface area contributed by atoms with Gasteiger partial charge in [0, 0.05) is 19.5 Å². The van der Waals surface area contributed by atoms with E-state index in [1.807, 2.05) is 18.7 Å². The highest BCUT2D eigenvalue weighted by atomic mass is 79.9. The summed E-state index contributed by atoms with van der Waals surface area (Å²) in [5, 5.41) is 0. The van der Waals surface area contributed by atoms with Crippen LogP contribution in [-0.4, -0.2) is 34.1 Å². The molecule has 0 saturated carbocycles. The van der Waals surface area contributed by atoms with Gasteiger partial charge in [-0.1, -0.05) is 15.9 Å². The van der Waals surface area contributed by atoms with Crippen LogP contribution in [0.2, 0.25) is 0 Å². The highest BCUT2D eigenvalue weighted by molar-refractivity contribution is 9.10. The fourth-order valence-electron chi connectivity index (χ4n) is 2.00. The molecule has 0 aromatic heterocycles. The SMILES string of the molecule is CC(C)(Br)C(=O)N1CCC(CC(N)=O)CC1. The van der Waals surface area contributed by atoms with Crippen molar-refractivity contribution in [1.29, 1.82) is 0 Å². The Morgan fingerprint density at radius 3 is 2.25 bits per heavy atom. The number of amides is 2. The summed E-state index contributed by atoms with van der Waals surface area (Å²) in [4.78, 5) is 24.6. The molecule has 1 rings (SSSR count). The normalized spacial score (nSPS) is 18.6. The summed E-state index contributed by atoms with van der Waals surface area (Å²) in [5.74, 6) is 0.218. The predicted molar refractivity (Wildman–Crippen MR) is 66.1 cm³/mol. The van der Waals surface area contributed by atoms with Crippen LogP contribution in [0.4, 0.5) is 0 Å². The molecule has 0 atom stereocenters. The molecule has 0 radical (unpaired) electrons. The molecule has 1 aliphatic heterocycles. The Balaban J connectivity index is 2.43. The highest BCUT2D eigenvalue weighted by Crippen LogP contribution is 2.25. The van der Waals surface area contributed by atoms with E-state index in [0.717, 1.165) is 25.9 Å². The lowest BCUT2D eigenvalue weighted by atomic mass is 9.93. The molecule has 1 aliphatic rings. The van der Waals surface area contributed by atoms with Crippen LogP contribution >= 0.6 is 15.9 Å². The average molecular weight is 291 g/mol. The van der Waals surface area contributed by atoms with E-state index in [-0.39, 0.29) is 11.8 Å². The second kappa shape index (κ2) is 5.17. The number of piperidine rings is 1. The largest absolute Gasteiger partial charge is 0.370 e. The van der Waals surface area contributed by atoms with Crippen LogP contribution in [-0.2, 0) is 9.59 Å². The second-order valence-corrected chi connectivity index (χ2v) is 6.86. The molecule has 4 nitrogen and oxygen atoms in total. The number of hydrogen-bond acceptors (Lipinski definition) is 2. The van der Waals surface area contributed by atoms with Gasteiger partial charge in [0.1, 0.15) is 0 Å². The van der Waals surface area contributed by atoms with E-state index in [0.29, 0.717) is 12.3 Å². The third-order valence-electron chi connectivity index (χ3n) is 2.90. The second-order valence-electron chi connectivity index (χ2n) is 4.88. The Bertz CT molecular complexity index is 278. The molecule has 0 bridgehead atoms. The number of hydrogen-bond donors (Lipinski definition) is 1. The third-order valence-corrected chi connectivity index (χ3v) is 3.24. The van der Waals surface area contributed by atoms with Gasteiger partial charge in [0.05, 0.1) is 4.32 Å². The summed E-state index contributed by atoms with van der Waals surface area (Å²) in [6.07, 6.45) is 2.19. The van der Waals surface area contributed by atoms with Crippen molar-refractivity contribution in [3.05, 3.63) is 0 Å². The first kappa shape index (κ1) is 13.5. The zero-order valence-corrected chi connectivity index (χ0v) is 11.4. The lowest BCUT2D eigenvalue weighted by molar-refractivity contribution is -0.134. The molecule has 16 heavy (non-hydrogen) atoms. The molecule has 5 heteroatoms. The average Bonchev–Trinajstić information content (AvgIpc) is 2.15. The maximum atomic E-state index is 11.9. The number of nitrogens with zero attached hydrogens (tertiary/aromatic N) is 1. The monoisotopic (exact) mass is 290 g/mol. The minimum atomic E-state index is -0.497. The number of carbonyl (C=O) groups is 2. The Kier molecular flexibility index (Phi) is 4.35. The molecule has 0 unspecified atom stereocenters. The Morgan fingerprint density at radius 1 is 1.38 bits per heavy atom. The van der Waals surface area contributed by atoms with Gasteiger partial charge >= 0.3 is 0 Å². The molecule has 0 aromatic carbocycles. The van der Waals surface area contributed by atoms with Crippen molar-refractivity contribution in [2.75, 3.05) is 13.1 Å². The standard InChI is InChI=1S/C11H19BrN2O2/c1-11(2,12)10(16)14-5-3-8(4-6-14)7-9(13)15/h8H,3-7H2,1-2H3,(H2,13,15). The van der Waals surface area contributed by atoms with Crippen molar-refractivity contribution >= 4 is 27.7 Å². The maximum Gasteiger partial charge on any atom is 0.238 e. The van der Waals surface area contributed by atoms with E-state index in [9.17, 15) is 9.59 Å². The van der Waals surface area contributed by atoms with Gasteiger partial charge in [0.2, 0.25) is 11.8 Å². The molecule has 2 N–H and O–H groups in total. The van der Waals surface area contributed by atoms with Gasteiger partial charge < -0.3 is 10.6 Å². The van der Waals surface area contributed by atoms with Gasteiger partial charge in [-0.25, -0.2) is 0 Å². The van der Waals surface area contributed by atoms with Crippen LogP contribution in [0.5, 0.6) is 0 Å². The van der Waals surface area contributed by atoms with E-state index < -0.39 is 4.32 Å². The molecule has 2 amide bonds. The van der Waals surface area contributed by atoms with Crippen molar-refractivity contribution in [3.63, 3.8) is 0 Å². The molecular weight excluding hydrogens is 272 g/mol. The van der Waals surface area contributed by atoms with Gasteiger partial charge in [-0.05, 0) is 32.6 Å². The fourth-order valence-corrected chi connectivity index (χ4v) is 2.25. The highest BCUT2D eigenvalue weighted by Gasteiger charge is 2.31. The minimum Gasteiger partial charge on any atom is -0.370 e. The third kappa shape index (κ3) is 3.77. The van der Waals surface area contributed by atoms with Crippen LogP contribution in [0.3, 0.4) is 0 Å². The van der Waals surface area contributed by atoms with Gasteiger partial charge in [-0.3, -0.25) is 9.59 Å². The molecule has 0 aromatic rings. The van der Waals surface area contributed by atoms with Crippen LogP contribution in [0.1, 0.15) is 33.1 Å². The van der Waals surface area contributed by atoms with E-state index in [2.05, 4.69) is 15.9 Å². The lowest BCUT2D eigenvalue weighted by Crippen LogP contribution is -2.46. The number of nitrogens with two attached hydrogens (primary N) is 1. The number of likely N-dealkylation sites (tertiary alicyclic amines) is 1. The molecule has 1 heterocycles. The van der Waals surface area contributed by atoms with Gasteiger partial charge in [0.15, 0.2) is 0 Å². The lowest BCUT2D eigenvalue weighted by Gasteiger charge is -2.34. The van der Waals surface area contributed by atoms with Crippen LogP contribution in [0, 0.1) is 5.92 Å². The van der Waals surface area contributed by atoms with E-state index in [4.69, 9.17) is 5.73 Å². The zero-order valence-electron chi connectivity index (χ0n) is 9.83. The number of alkyl halides is 1. The summed E-state index contributed by atoms with van der Waals surface area (Å²) in [5.41, 5.74) is 5.16. The van der Waals surface area contributed by atoms with E-state index in [1.165, 1.54) is 0 Å². The van der Waals surface area contributed by atoms with Gasteiger partial charge in [0.25, 0.3) is 0 Å². The summed E-state index contributed by atoms with van der Waals surface area (Å²) in [6, 6.07) is 0. The number of rotatable bonds is 3. The van der Waals surface area contributed by atoms with Gasteiger partial charge in [-0.15, -0.1) is 0 Å². The van der Waals surface area contributed by atoms with Gasteiger partial charge in [-0.2, -0.15) is 0 Å². The van der Waals surface area contributed by atoms with Crippen LogP contribution < -0.4 is 5.73 Å². The first-order valence-corrected chi connectivity index (χ1v) is 6.36. The van der Waals surface area contributed by atoms with Crippen molar-refractivity contribution in [3.8, 4) is 0 Å². The zero-order chi connectivity index (χ0) is 12.3. The van der Waals surface area contributed by atoms with E-state index >= 15 is 0 Å². The summed E-state index contributed by atoms with van der Waals surface area (Å²) < 4.78 is -0.497. The first-order chi connectivity index (χ1) is 7.30. The Hall–Kier alpha value is -0.580. The summed E-state index contributed by atoms with van der Waals surface area (Å²) in [7, 11) is 0. The van der Waals surface area contributed by atoms with Crippen LogP contribution in [0.25, 0.3) is 0 Å². The number of halogens is 1. The minimum absolute atomic E-state index is 0.116. The summed E-state index contributed by atoms with van der Waals surface area (Å²) >= 11 is 3.37. The molecule has 1 saturated heterocycles. The first-order valence-electron chi connectivity index (χ1n) is 5.57. The van der Waals surface area contributed by atoms with Crippen molar-refractivity contribution in [2.24, 2.45) is 11.7 Å². The molecular formula is C11H19BrN2O2. The predicted octanol–water partition coefficient (Wildman–Crippen LogP) is 1.27. The Morgan fingerprint density at radius 2 is 1.88 bits per heavy atom. The topological polar surface area (TPSA) is 63.4 Å². The van der Waals surface area contributed by atoms with E-state index in [1.54, 1.807) is 0 Å². The quantitative estimate of drug-likeness (QED) is 0.796. The van der Waals surface area contributed by atoms with Crippen LogP contribution in [0.15, 0.2) is 0 Å². The van der Waals surface area contributed by atoms with Crippen molar-refractivity contribution in [2.45, 2.75) is 37.4 Å². The fraction of sp³-hybridized carbons (Fsp3) is 0.818. The number of primary amides is 1. The van der Waals surface area contributed by atoms with Crippen molar-refractivity contribution in [1.82, 2.24) is 4.90 Å². The maximum absolute atomic E-state index is 11.9. The molecule has 0 aliphatic carbocycles. The smallest absolute Gasteiger partial charge is 0.238 e. The molecule has 0 spiro atoms. The molecule has 92 valence electrons. The number of carbonyl (C=O) groups excluding carboxylic acids is 2. The Labute approximate surface area is 105 Å². The van der Waals surface area contributed by atoms with Crippen molar-refractivity contribution < 1.29 is 9.59 Å².